The minimum absolute atomic E-state index is 0. The molecule has 3 rings (SSSR count). The number of likely N-dealkylation sites (tertiary alicyclic amines) is 1. The molecule has 0 radical (unpaired) electrons. The van der Waals surface area contributed by atoms with E-state index in [1.807, 2.05) is 11.8 Å². The van der Waals surface area contributed by atoms with Crippen molar-refractivity contribution >= 4 is 47.4 Å². The molecule has 0 amide bonds. The molecular weight excluding hydrogens is 532 g/mol. The fourth-order valence-electron chi connectivity index (χ4n) is 3.81. The molecule has 2 saturated heterocycles. The Morgan fingerprint density at radius 2 is 2.10 bits per heavy atom. The van der Waals surface area contributed by atoms with Crippen molar-refractivity contribution in [2.75, 3.05) is 44.7 Å². The second kappa shape index (κ2) is 11.0. The summed E-state index contributed by atoms with van der Waals surface area (Å²) in [4.78, 5) is 12.9. The average Bonchev–Trinajstić information content (AvgIpc) is 3.28. The van der Waals surface area contributed by atoms with Crippen molar-refractivity contribution in [3.8, 4) is 0 Å². The summed E-state index contributed by atoms with van der Waals surface area (Å²) in [6.45, 7) is 5.91. The predicted molar refractivity (Wildman–Crippen MR) is 125 cm³/mol. The van der Waals surface area contributed by atoms with Crippen LogP contribution in [0.25, 0.3) is 0 Å². The summed E-state index contributed by atoms with van der Waals surface area (Å²) >= 11 is 6.09. The molecule has 1 aromatic rings. The normalized spacial score (nSPS) is 22.9. The van der Waals surface area contributed by atoms with Crippen LogP contribution in [-0.2, 0) is 6.18 Å². The summed E-state index contributed by atoms with van der Waals surface area (Å²) in [7, 11) is 2.13. The zero-order valence-corrected chi connectivity index (χ0v) is 20.3. The minimum Gasteiger partial charge on any atom is -0.357 e. The van der Waals surface area contributed by atoms with Gasteiger partial charge in [0, 0.05) is 37.9 Å². The lowest BCUT2D eigenvalue weighted by molar-refractivity contribution is -0.137. The van der Waals surface area contributed by atoms with Gasteiger partial charge in [-0.15, -0.1) is 24.0 Å². The summed E-state index contributed by atoms with van der Waals surface area (Å²) in [5, 5.41) is 6.73. The fourth-order valence-corrected chi connectivity index (χ4v) is 4.09. The van der Waals surface area contributed by atoms with Gasteiger partial charge in [0.1, 0.15) is 5.82 Å². The van der Waals surface area contributed by atoms with Gasteiger partial charge in [-0.05, 0) is 45.8 Å². The van der Waals surface area contributed by atoms with E-state index in [1.54, 1.807) is 0 Å². The Bertz CT molecular complexity index is 733. The topological polar surface area (TPSA) is 55.8 Å². The number of alkyl halides is 3. The molecule has 2 atom stereocenters. The van der Waals surface area contributed by atoms with Crippen LogP contribution in [0.4, 0.5) is 19.0 Å². The smallest absolute Gasteiger partial charge is 0.357 e. The monoisotopic (exact) mass is 560 g/mol. The third-order valence-corrected chi connectivity index (χ3v) is 5.73. The maximum absolute atomic E-state index is 12.8. The summed E-state index contributed by atoms with van der Waals surface area (Å²) in [6, 6.07) is 1.53. The highest BCUT2D eigenvalue weighted by Crippen LogP contribution is 2.34. The lowest BCUT2D eigenvalue weighted by Gasteiger charge is -2.22. The Hall–Kier alpha value is -1.01. The van der Waals surface area contributed by atoms with Gasteiger partial charge in [0.2, 0.25) is 0 Å². The summed E-state index contributed by atoms with van der Waals surface area (Å²) in [5.74, 6) is 1.16. The predicted octanol–water partition coefficient (Wildman–Crippen LogP) is 3.60. The lowest BCUT2D eigenvalue weighted by Crippen LogP contribution is -2.45. The van der Waals surface area contributed by atoms with Crippen LogP contribution in [0, 0.1) is 0 Å². The first-order chi connectivity index (χ1) is 13.8. The molecule has 2 unspecified atom stereocenters. The van der Waals surface area contributed by atoms with E-state index in [2.05, 4.69) is 27.6 Å². The molecular formula is C19H29ClF3IN6. The first-order valence-corrected chi connectivity index (χ1v) is 10.4. The zero-order valence-electron chi connectivity index (χ0n) is 17.2. The molecule has 2 N–H and O–H groups in total. The van der Waals surface area contributed by atoms with E-state index in [0.29, 0.717) is 24.9 Å². The van der Waals surface area contributed by atoms with Crippen LogP contribution < -0.4 is 15.5 Å². The Morgan fingerprint density at radius 1 is 1.33 bits per heavy atom. The van der Waals surface area contributed by atoms with Crippen LogP contribution in [0.5, 0.6) is 0 Å². The largest absolute Gasteiger partial charge is 0.417 e. The molecule has 0 bridgehead atoms. The number of nitrogens with one attached hydrogen (secondary N) is 2. The molecule has 30 heavy (non-hydrogen) atoms. The van der Waals surface area contributed by atoms with Gasteiger partial charge >= 0.3 is 6.18 Å². The minimum atomic E-state index is -4.45. The molecule has 0 saturated carbocycles. The Morgan fingerprint density at radius 3 is 2.70 bits per heavy atom. The van der Waals surface area contributed by atoms with Gasteiger partial charge in [-0.2, -0.15) is 13.2 Å². The average molecular weight is 561 g/mol. The summed E-state index contributed by atoms with van der Waals surface area (Å²) in [6.07, 6.45) is -0.416. The number of anilines is 1. The lowest BCUT2D eigenvalue weighted by atomic mass is 10.2. The van der Waals surface area contributed by atoms with Crippen LogP contribution >= 0.6 is 35.6 Å². The van der Waals surface area contributed by atoms with Crippen LogP contribution in [0.15, 0.2) is 17.3 Å². The standard InChI is InChI=1S/C19H28ClF3N6.HI/c1-3-24-18(26-11-15-5-4-7-28(15)2)27-14-6-8-29(12-14)17-16(20)9-13(10-25-17)19(21,22)23;/h9-10,14-15H,3-8,11-12H2,1-2H3,(H2,24,26,27);1H. The van der Waals surface area contributed by atoms with Crippen molar-refractivity contribution < 1.29 is 13.2 Å². The number of nitrogens with zero attached hydrogens (tertiary/aromatic N) is 4. The van der Waals surface area contributed by atoms with Gasteiger partial charge in [0.15, 0.2) is 5.96 Å². The third-order valence-electron chi connectivity index (χ3n) is 5.45. The molecule has 3 heterocycles. The van der Waals surface area contributed by atoms with E-state index >= 15 is 0 Å². The first-order valence-electron chi connectivity index (χ1n) is 10.0. The third kappa shape index (κ3) is 6.49. The van der Waals surface area contributed by atoms with E-state index < -0.39 is 11.7 Å². The molecule has 2 fully saturated rings. The van der Waals surface area contributed by atoms with Gasteiger partial charge in [-0.1, -0.05) is 11.6 Å². The molecule has 11 heteroatoms. The van der Waals surface area contributed by atoms with Gasteiger partial charge in [0.05, 0.1) is 17.1 Å². The highest BCUT2D eigenvalue weighted by Gasteiger charge is 2.33. The first kappa shape index (κ1) is 25.3. The Labute approximate surface area is 197 Å². The summed E-state index contributed by atoms with van der Waals surface area (Å²) < 4.78 is 38.5. The molecule has 2 aliphatic rings. The van der Waals surface area contributed by atoms with Crippen molar-refractivity contribution in [3.63, 3.8) is 0 Å². The zero-order chi connectivity index (χ0) is 21.0. The summed E-state index contributed by atoms with van der Waals surface area (Å²) in [5.41, 5.74) is -0.835. The van der Waals surface area contributed by atoms with Gasteiger partial charge in [-0.25, -0.2) is 4.98 Å². The molecule has 0 aliphatic carbocycles. The van der Waals surface area contributed by atoms with Gasteiger partial charge in [-0.3, -0.25) is 4.99 Å². The highest BCUT2D eigenvalue weighted by atomic mass is 127. The number of hydrogen-bond acceptors (Lipinski definition) is 4. The molecule has 170 valence electrons. The van der Waals surface area contributed by atoms with Crippen molar-refractivity contribution in [1.82, 2.24) is 20.5 Å². The molecule has 0 spiro atoms. The molecule has 0 aromatic carbocycles. The number of halogens is 5. The quantitative estimate of drug-likeness (QED) is 0.328. The number of aromatic nitrogens is 1. The van der Waals surface area contributed by atoms with Crippen LogP contribution in [0.3, 0.4) is 0 Å². The van der Waals surface area contributed by atoms with Gasteiger partial charge in [0.25, 0.3) is 0 Å². The van der Waals surface area contributed by atoms with E-state index in [-0.39, 0.29) is 35.0 Å². The number of rotatable bonds is 5. The van der Waals surface area contributed by atoms with Gasteiger partial charge < -0.3 is 20.4 Å². The Balaban J connectivity index is 0.00000320. The highest BCUT2D eigenvalue weighted by molar-refractivity contribution is 14.0. The number of guanidine groups is 1. The number of pyridine rings is 1. The van der Waals surface area contributed by atoms with Crippen molar-refractivity contribution in [3.05, 3.63) is 22.8 Å². The van der Waals surface area contributed by atoms with E-state index in [0.717, 1.165) is 50.7 Å². The second-order valence-electron chi connectivity index (χ2n) is 7.60. The second-order valence-corrected chi connectivity index (χ2v) is 8.01. The fraction of sp³-hybridized carbons (Fsp3) is 0.684. The molecule has 6 nitrogen and oxygen atoms in total. The van der Waals surface area contributed by atoms with Crippen molar-refractivity contribution in [2.45, 2.75) is 44.4 Å². The number of likely N-dealkylation sites (N-methyl/N-ethyl adjacent to an activating group) is 1. The van der Waals surface area contributed by atoms with Crippen molar-refractivity contribution in [2.24, 2.45) is 4.99 Å². The van der Waals surface area contributed by atoms with Crippen LogP contribution in [0.2, 0.25) is 5.02 Å². The van der Waals surface area contributed by atoms with E-state index in [1.165, 1.54) is 6.42 Å². The number of aliphatic imine (C=N–C) groups is 1. The Kier molecular flexibility index (Phi) is 9.29. The maximum atomic E-state index is 12.8. The molecule has 2 aliphatic heterocycles. The maximum Gasteiger partial charge on any atom is 0.417 e. The number of hydrogen-bond donors (Lipinski definition) is 2. The van der Waals surface area contributed by atoms with Crippen LogP contribution in [-0.4, -0.2) is 67.7 Å². The van der Waals surface area contributed by atoms with E-state index in [4.69, 9.17) is 16.6 Å². The molecule has 1 aromatic heterocycles. The van der Waals surface area contributed by atoms with Crippen LogP contribution in [0.1, 0.15) is 31.7 Å². The van der Waals surface area contributed by atoms with Crippen molar-refractivity contribution in [1.29, 1.82) is 0 Å². The SMILES string of the molecule is CCNC(=NCC1CCCN1C)NC1CCN(c2ncc(C(F)(F)F)cc2Cl)C1.I. The van der Waals surface area contributed by atoms with E-state index in [9.17, 15) is 13.2 Å².